The summed E-state index contributed by atoms with van der Waals surface area (Å²) in [4.78, 5) is 13.7. The van der Waals surface area contributed by atoms with Gasteiger partial charge >= 0.3 is 0 Å². The van der Waals surface area contributed by atoms with Crippen LogP contribution in [0.1, 0.15) is 39.5 Å². The molecule has 3 unspecified atom stereocenters. The van der Waals surface area contributed by atoms with Gasteiger partial charge in [-0.15, -0.1) is 0 Å². The minimum Gasteiger partial charge on any atom is -0.377 e. The van der Waals surface area contributed by atoms with Crippen molar-refractivity contribution in [2.45, 2.75) is 57.2 Å². The Kier molecular flexibility index (Phi) is 6.23. The van der Waals surface area contributed by atoms with E-state index in [1.165, 1.54) is 0 Å². The number of carbonyl (C=O) groups excluding carboxylic acids is 1. The Balaban J connectivity index is 2.25. The third-order valence-electron chi connectivity index (χ3n) is 4.44. The van der Waals surface area contributed by atoms with E-state index in [4.69, 9.17) is 10.5 Å². The van der Waals surface area contributed by atoms with Crippen molar-refractivity contribution in [1.29, 1.82) is 0 Å². The molecule has 0 aromatic rings. The number of amides is 1. The molecule has 5 nitrogen and oxygen atoms in total. The van der Waals surface area contributed by atoms with Crippen LogP contribution in [0.25, 0.3) is 0 Å². The fraction of sp³-hybridized carbons (Fsp3) is 0.929. The molecule has 1 aliphatic heterocycles. The first kappa shape index (κ1) is 16.4. The predicted molar refractivity (Wildman–Crippen MR) is 77.0 cm³/mol. The molecule has 112 valence electrons. The average molecular weight is 271 g/mol. The molecule has 1 amide bonds. The summed E-state index contributed by atoms with van der Waals surface area (Å²) in [6, 6.07) is 0.534. The number of likely N-dealkylation sites (N-methyl/N-ethyl adjacent to an activating group) is 2. The van der Waals surface area contributed by atoms with E-state index in [-0.39, 0.29) is 5.91 Å². The van der Waals surface area contributed by atoms with E-state index in [2.05, 4.69) is 24.2 Å². The van der Waals surface area contributed by atoms with Crippen LogP contribution < -0.4 is 11.1 Å². The van der Waals surface area contributed by atoms with Gasteiger partial charge in [0, 0.05) is 12.6 Å². The fourth-order valence-corrected chi connectivity index (χ4v) is 2.68. The number of nitrogens with one attached hydrogen (secondary N) is 1. The molecule has 0 aromatic heterocycles. The molecule has 5 heteroatoms. The number of unbranched alkanes of at least 4 members (excludes halogenated alkanes) is 1. The SMILES string of the molecule is CNC(C)(CCCCN(C)C1CCOC1C)C(N)=O. The first-order valence-corrected chi connectivity index (χ1v) is 7.21. The monoisotopic (exact) mass is 271 g/mol. The second-order valence-corrected chi connectivity index (χ2v) is 5.82. The Bertz CT molecular complexity index is 298. The maximum Gasteiger partial charge on any atom is 0.237 e. The zero-order valence-corrected chi connectivity index (χ0v) is 12.7. The summed E-state index contributed by atoms with van der Waals surface area (Å²) in [5.74, 6) is -0.277. The molecule has 0 bridgehead atoms. The van der Waals surface area contributed by atoms with Gasteiger partial charge in [0.25, 0.3) is 0 Å². The zero-order chi connectivity index (χ0) is 14.5. The van der Waals surface area contributed by atoms with Crippen LogP contribution in [-0.2, 0) is 9.53 Å². The summed E-state index contributed by atoms with van der Waals surface area (Å²) < 4.78 is 5.58. The highest BCUT2D eigenvalue weighted by Gasteiger charge is 2.29. The Hall–Kier alpha value is -0.650. The summed E-state index contributed by atoms with van der Waals surface area (Å²) in [7, 11) is 3.94. The minimum absolute atomic E-state index is 0.277. The Labute approximate surface area is 116 Å². The zero-order valence-electron chi connectivity index (χ0n) is 12.7. The van der Waals surface area contributed by atoms with Gasteiger partial charge < -0.3 is 20.7 Å². The van der Waals surface area contributed by atoms with Crippen LogP contribution in [-0.4, -0.2) is 55.7 Å². The van der Waals surface area contributed by atoms with Crippen LogP contribution in [0.2, 0.25) is 0 Å². The quantitative estimate of drug-likeness (QED) is 0.639. The van der Waals surface area contributed by atoms with Crippen LogP contribution in [0.4, 0.5) is 0 Å². The number of hydrogen-bond donors (Lipinski definition) is 2. The van der Waals surface area contributed by atoms with Crippen molar-refractivity contribution in [2.75, 3.05) is 27.2 Å². The molecular weight excluding hydrogens is 242 g/mol. The van der Waals surface area contributed by atoms with E-state index in [1.54, 1.807) is 7.05 Å². The Morgan fingerprint density at radius 2 is 2.21 bits per heavy atom. The van der Waals surface area contributed by atoms with Crippen molar-refractivity contribution >= 4 is 5.91 Å². The topological polar surface area (TPSA) is 67.6 Å². The van der Waals surface area contributed by atoms with Crippen LogP contribution in [0.15, 0.2) is 0 Å². The number of ether oxygens (including phenoxy) is 1. The molecule has 0 spiro atoms. The highest BCUT2D eigenvalue weighted by atomic mass is 16.5. The largest absolute Gasteiger partial charge is 0.377 e. The van der Waals surface area contributed by atoms with E-state index in [0.29, 0.717) is 12.1 Å². The van der Waals surface area contributed by atoms with E-state index in [9.17, 15) is 4.79 Å². The molecule has 3 N–H and O–H groups in total. The Morgan fingerprint density at radius 1 is 1.53 bits per heavy atom. The number of primary amides is 1. The number of carbonyl (C=O) groups is 1. The first-order chi connectivity index (χ1) is 8.90. The van der Waals surface area contributed by atoms with Crippen LogP contribution >= 0.6 is 0 Å². The second kappa shape index (κ2) is 7.22. The molecule has 1 heterocycles. The van der Waals surface area contributed by atoms with Crippen LogP contribution in [0, 0.1) is 0 Å². The fourth-order valence-electron chi connectivity index (χ4n) is 2.68. The normalized spacial score (nSPS) is 26.6. The van der Waals surface area contributed by atoms with Gasteiger partial charge in [0.15, 0.2) is 0 Å². The van der Waals surface area contributed by atoms with Gasteiger partial charge in [0.2, 0.25) is 5.91 Å². The highest BCUT2D eigenvalue weighted by Crippen LogP contribution is 2.19. The maximum atomic E-state index is 11.4. The molecule has 3 atom stereocenters. The van der Waals surface area contributed by atoms with E-state index in [0.717, 1.165) is 38.8 Å². The lowest BCUT2D eigenvalue weighted by molar-refractivity contribution is -0.123. The third-order valence-corrected chi connectivity index (χ3v) is 4.44. The maximum absolute atomic E-state index is 11.4. The first-order valence-electron chi connectivity index (χ1n) is 7.21. The molecule has 0 radical (unpaired) electrons. The van der Waals surface area contributed by atoms with Crippen molar-refractivity contribution in [3.8, 4) is 0 Å². The second-order valence-electron chi connectivity index (χ2n) is 5.82. The summed E-state index contributed by atoms with van der Waals surface area (Å²) in [5, 5.41) is 3.02. The van der Waals surface area contributed by atoms with Crippen molar-refractivity contribution < 1.29 is 9.53 Å². The van der Waals surface area contributed by atoms with Gasteiger partial charge in [-0.1, -0.05) is 0 Å². The Morgan fingerprint density at radius 3 is 2.68 bits per heavy atom. The van der Waals surface area contributed by atoms with Gasteiger partial charge in [0.1, 0.15) is 0 Å². The van der Waals surface area contributed by atoms with Crippen LogP contribution in [0.5, 0.6) is 0 Å². The van der Waals surface area contributed by atoms with Gasteiger partial charge in [-0.05, 0) is 60.2 Å². The summed E-state index contributed by atoms with van der Waals surface area (Å²) >= 11 is 0. The lowest BCUT2D eigenvalue weighted by Gasteiger charge is -2.28. The molecule has 19 heavy (non-hydrogen) atoms. The number of hydrogen-bond acceptors (Lipinski definition) is 4. The summed E-state index contributed by atoms with van der Waals surface area (Å²) in [6.07, 6.45) is 4.30. The van der Waals surface area contributed by atoms with E-state index < -0.39 is 5.54 Å². The molecular formula is C14H29N3O2. The highest BCUT2D eigenvalue weighted by molar-refractivity contribution is 5.84. The predicted octanol–water partition coefficient (Wildman–Crippen LogP) is 0.729. The van der Waals surface area contributed by atoms with Crippen molar-refractivity contribution in [3.05, 3.63) is 0 Å². The van der Waals surface area contributed by atoms with E-state index in [1.807, 2.05) is 6.92 Å². The van der Waals surface area contributed by atoms with Crippen molar-refractivity contribution in [2.24, 2.45) is 5.73 Å². The smallest absolute Gasteiger partial charge is 0.237 e. The number of nitrogens with zero attached hydrogens (tertiary/aromatic N) is 1. The molecule has 1 rings (SSSR count). The number of nitrogens with two attached hydrogens (primary N) is 1. The molecule has 1 fully saturated rings. The van der Waals surface area contributed by atoms with E-state index >= 15 is 0 Å². The van der Waals surface area contributed by atoms with Gasteiger partial charge in [-0.3, -0.25) is 4.79 Å². The summed E-state index contributed by atoms with van der Waals surface area (Å²) in [5.41, 5.74) is 4.83. The summed E-state index contributed by atoms with van der Waals surface area (Å²) in [6.45, 7) is 5.91. The molecule has 1 aliphatic rings. The standard InChI is InChI=1S/C14H29N3O2/c1-11-12(7-10-19-11)17(4)9-6-5-8-14(2,16-3)13(15)18/h11-12,16H,5-10H2,1-4H3,(H2,15,18). The molecule has 0 saturated carbocycles. The average Bonchev–Trinajstić information content (AvgIpc) is 2.80. The lowest BCUT2D eigenvalue weighted by Crippen LogP contribution is -2.51. The van der Waals surface area contributed by atoms with Crippen molar-refractivity contribution in [3.63, 3.8) is 0 Å². The van der Waals surface area contributed by atoms with Crippen LogP contribution in [0.3, 0.4) is 0 Å². The third kappa shape index (κ3) is 4.44. The molecule has 1 saturated heterocycles. The number of rotatable bonds is 8. The molecule has 0 aromatic carbocycles. The van der Waals surface area contributed by atoms with Gasteiger partial charge in [-0.25, -0.2) is 0 Å². The van der Waals surface area contributed by atoms with Crippen molar-refractivity contribution in [1.82, 2.24) is 10.2 Å². The van der Waals surface area contributed by atoms with Gasteiger partial charge in [-0.2, -0.15) is 0 Å². The molecule has 0 aliphatic carbocycles. The van der Waals surface area contributed by atoms with Gasteiger partial charge in [0.05, 0.1) is 11.6 Å². The minimum atomic E-state index is -0.581. The lowest BCUT2D eigenvalue weighted by atomic mass is 9.94.